The highest BCUT2D eigenvalue weighted by molar-refractivity contribution is 6.18. The summed E-state index contributed by atoms with van der Waals surface area (Å²) in [6.07, 6.45) is 3.43. The molecule has 0 radical (unpaired) electrons. The van der Waals surface area contributed by atoms with Gasteiger partial charge in [0.1, 0.15) is 5.82 Å². The molecule has 0 nitrogen and oxygen atoms in total. The molecule has 0 aliphatic heterocycles. The summed E-state index contributed by atoms with van der Waals surface area (Å²) in [7, 11) is 0. The van der Waals surface area contributed by atoms with E-state index in [-0.39, 0.29) is 5.82 Å². The van der Waals surface area contributed by atoms with Gasteiger partial charge in [0, 0.05) is 5.88 Å². The lowest BCUT2D eigenvalue weighted by Gasteiger charge is -2.10. The summed E-state index contributed by atoms with van der Waals surface area (Å²) in [6, 6.07) is 6.73. The van der Waals surface area contributed by atoms with Crippen LogP contribution in [0.2, 0.25) is 0 Å². The van der Waals surface area contributed by atoms with Gasteiger partial charge in [-0.05, 0) is 42.4 Å². The van der Waals surface area contributed by atoms with Crippen molar-refractivity contribution in [2.24, 2.45) is 5.41 Å². The van der Waals surface area contributed by atoms with Crippen LogP contribution in [-0.4, -0.2) is 5.88 Å². The minimum absolute atomic E-state index is 0.167. The third-order valence-corrected chi connectivity index (χ3v) is 3.30. The average Bonchev–Trinajstić information content (AvgIpc) is 2.90. The highest BCUT2D eigenvalue weighted by Crippen LogP contribution is 2.49. The third-order valence-electron chi connectivity index (χ3n) is 2.73. The van der Waals surface area contributed by atoms with Gasteiger partial charge in [-0.2, -0.15) is 0 Å². The van der Waals surface area contributed by atoms with E-state index in [1.807, 2.05) is 12.1 Å². The van der Waals surface area contributed by atoms with Crippen LogP contribution in [0.1, 0.15) is 18.4 Å². The lowest BCUT2D eigenvalue weighted by atomic mass is 9.99. The third kappa shape index (κ3) is 2.02. The van der Waals surface area contributed by atoms with Gasteiger partial charge in [-0.1, -0.05) is 12.1 Å². The second kappa shape index (κ2) is 3.30. The molecule has 1 aliphatic carbocycles. The first-order chi connectivity index (χ1) is 6.24. The van der Waals surface area contributed by atoms with Gasteiger partial charge in [-0.3, -0.25) is 0 Å². The van der Waals surface area contributed by atoms with Gasteiger partial charge in [0.05, 0.1) is 0 Å². The maximum absolute atomic E-state index is 12.6. The van der Waals surface area contributed by atoms with Crippen molar-refractivity contribution in [3.63, 3.8) is 0 Å². The molecule has 0 atom stereocenters. The molecular weight excluding hydrogens is 187 g/mol. The van der Waals surface area contributed by atoms with E-state index in [2.05, 4.69) is 0 Å². The van der Waals surface area contributed by atoms with E-state index in [0.717, 1.165) is 12.3 Å². The van der Waals surface area contributed by atoms with Crippen LogP contribution in [0.5, 0.6) is 0 Å². The van der Waals surface area contributed by atoms with E-state index in [9.17, 15) is 4.39 Å². The molecule has 0 N–H and O–H groups in total. The molecule has 1 fully saturated rings. The van der Waals surface area contributed by atoms with E-state index < -0.39 is 0 Å². The Bertz CT molecular complexity index is 287. The van der Waals surface area contributed by atoms with Gasteiger partial charge in [-0.15, -0.1) is 11.6 Å². The molecule has 0 unspecified atom stereocenters. The van der Waals surface area contributed by atoms with Gasteiger partial charge in [0.25, 0.3) is 0 Å². The molecule has 0 spiro atoms. The second-order valence-corrected chi connectivity index (χ2v) is 4.20. The fourth-order valence-corrected chi connectivity index (χ4v) is 1.93. The molecule has 0 aromatic heterocycles. The molecule has 1 aliphatic rings. The maximum Gasteiger partial charge on any atom is 0.123 e. The number of halogens is 2. The van der Waals surface area contributed by atoms with Gasteiger partial charge < -0.3 is 0 Å². The number of benzene rings is 1. The lowest BCUT2D eigenvalue weighted by Crippen LogP contribution is -2.06. The first kappa shape index (κ1) is 9.01. The molecule has 0 amide bonds. The number of hydrogen-bond donors (Lipinski definition) is 0. The largest absolute Gasteiger partial charge is 0.207 e. The standard InChI is InChI=1S/C11H12ClF/c12-8-11(5-6-11)7-9-1-3-10(13)4-2-9/h1-4H,5-8H2. The predicted octanol–water partition coefficient (Wildman–Crippen LogP) is 3.39. The van der Waals surface area contributed by atoms with Crippen LogP contribution in [-0.2, 0) is 6.42 Å². The quantitative estimate of drug-likeness (QED) is 0.654. The predicted molar refractivity (Wildman–Crippen MR) is 52.5 cm³/mol. The lowest BCUT2D eigenvalue weighted by molar-refractivity contribution is 0.575. The Morgan fingerprint density at radius 2 is 1.85 bits per heavy atom. The van der Waals surface area contributed by atoms with Crippen LogP contribution in [0.25, 0.3) is 0 Å². The first-order valence-electron chi connectivity index (χ1n) is 4.55. The van der Waals surface area contributed by atoms with E-state index in [1.54, 1.807) is 0 Å². The zero-order valence-corrected chi connectivity index (χ0v) is 8.15. The first-order valence-corrected chi connectivity index (χ1v) is 5.08. The molecule has 13 heavy (non-hydrogen) atoms. The zero-order valence-electron chi connectivity index (χ0n) is 7.39. The maximum atomic E-state index is 12.6. The van der Waals surface area contributed by atoms with Crippen molar-refractivity contribution >= 4 is 11.6 Å². The molecule has 0 bridgehead atoms. The van der Waals surface area contributed by atoms with Crippen molar-refractivity contribution < 1.29 is 4.39 Å². The number of rotatable bonds is 3. The van der Waals surface area contributed by atoms with E-state index >= 15 is 0 Å². The van der Waals surface area contributed by atoms with E-state index in [4.69, 9.17) is 11.6 Å². The molecule has 0 saturated heterocycles. The van der Waals surface area contributed by atoms with Gasteiger partial charge >= 0.3 is 0 Å². The summed E-state index contributed by atoms with van der Waals surface area (Å²) in [5.41, 5.74) is 1.53. The minimum atomic E-state index is -0.167. The second-order valence-electron chi connectivity index (χ2n) is 3.94. The van der Waals surface area contributed by atoms with E-state index in [0.29, 0.717) is 5.41 Å². The van der Waals surface area contributed by atoms with Crippen LogP contribution in [0, 0.1) is 11.2 Å². The molecule has 1 saturated carbocycles. The molecule has 0 heterocycles. The van der Waals surface area contributed by atoms with Crippen molar-refractivity contribution in [3.8, 4) is 0 Å². The smallest absolute Gasteiger partial charge is 0.123 e. The van der Waals surface area contributed by atoms with Crippen molar-refractivity contribution in [2.45, 2.75) is 19.3 Å². The molecule has 1 aromatic carbocycles. The average molecular weight is 199 g/mol. The Balaban J connectivity index is 2.06. The van der Waals surface area contributed by atoms with Crippen LogP contribution < -0.4 is 0 Å². The SMILES string of the molecule is Fc1ccc(CC2(CCl)CC2)cc1. The van der Waals surface area contributed by atoms with Gasteiger partial charge in [0.15, 0.2) is 0 Å². The zero-order chi connectivity index (χ0) is 9.31. The van der Waals surface area contributed by atoms with Crippen molar-refractivity contribution in [2.75, 3.05) is 5.88 Å². The normalized spacial score (nSPS) is 18.6. The van der Waals surface area contributed by atoms with Gasteiger partial charge in [-0.25, -0.2) is 4.39 Å². The number of hydrogen-bond acceptors (Lipinski definition) is 0. The topological polar surface area (TPSA) is 0 Å². The number of alkyl halides is 1. The highest BCUT2D eigenvalue weighted by Gasteiger charge is 2.41. The molecule has 2 heteroatoms. The summed E-state index contributed by atoms with van der Waals surface area (Å²) in [6.45, 7) is 0. The monoisotopic (exact) mass is 198 g/mol. The van der Waals surface area contributed by atoms with Crippen LogP contribution in [0.3, 0.4) is 0 Å². The van der Waals surface area contributed by atoms with Crippen molar-refractivity contribution in [1.29, 1.82) is 0 Å². The molecular formula is C11H12ClF. The van der Waals surface area contributed by atoms with Gasteiger partial charge in [0.2, 0.25) is 0 Å². The summed E-state index contributed by atoms with van der Waals surface area (Å²) in [5.74, 6) is 0.559. The Hall–Kier alpha value is -0.560. The fourth-order valence-electron chi connectivity index (χ4n) is 1.57. The molecule has 2 rings (SSSR count). The Kier molecular flexibility index (Phi) is 2.29. The summed E-state index contributed by atoms with van der Waals surface area (Å²) >= 11 is 5.86. The Labute approximate surface area is 82.7 Å². The summed E-state index contributed by atoms with van der Waals surface area (Å²) < 4.78 is 12.6. The van der Waals surface area contributed by atoms with E-state index in [1.165, 1.54) is 30.5 Å². The van der Waals surface area contributed by atoms with Crippen molar-refractivity contribution in [1.82, 2.24) is 0 Å². The minimum Gasteiger partial charge on any atom is -0.207 e. The fraction of sp³-hybridized carbons (Fsp3) is 0.455. The Morgan fingerprint density at radius 1 is 1.23 bits per heavy atom. The summed E-state index contributed by atoms with van der Waals surface area (Å²) in [5, 5.41) is 0. The molecule has 70 valence electrons. The van der Waals surface area contributed by atoms with Crippen LogP contribution in [0.4, 0.5) is 4.39 Å². The van der Waals surface area contributed by atoms with Crippen LogP contribution >= 0.6 is 11.6 Å². The van der Waals surface area contributed by atoms with Crippen molar-refractivity contribution in [3.05, 3.63) is 35.6 Å². The Morgan fingerprint density at radius 3 is 2.31 bits per heavy atom. The van der Waals surface area contributed by atoms with Crippen LogP contribution in [0.15, 0.2) is 24.3 Å². The summed E-state index contributed by atoms with van der Waals surface area (Å²) in [4.78, 5) is 0. The highest BCUT2D eigenvalue weighted by atomic mass is 35.5. The molecule has 1 aromatic rings.